The number of quaternary nitrogens is 2. The molecular formula is C20H25N3O+2. The summed E-state index contributed by atoms with van der Waals surface area (Å²) in [6.45, 7) is 6.17. The van der Waals surface area contributed by atoms with E-state index in [1.165, 1.54) is 21.2 Å². The minimum Gasteiger partial charge on any atom is -0.340 e. The number of benzene rings is 2. The van der Waals surface area contributed by atoms with Gasteiger partial charge < -0.3 is 15.1 Å². The molecule has 0 aliphatic carbocycles. The standard InChI is InChI=1S/C20H23N3O/c1-2-10-21-20(24)16-23-13-11-22(12-14-23)15-18-8-5-7-17-6-3-4-9-19(17)18/h1,3-9H,10-16H2,(H,21,24)/p+2. The van der Waals surface area contributed by atoms with Crippen LogP contribution in [0.3, 0.4) is 0 Å². The van der Waals surface area contributed by atoms with Gasteiger partial charge in [-0.2, -0.15) is 0 Å². The van der Waals surface area contributed by atoms with Crippen molar-refractivity contribution in [2.45, 2.75) is 6.54 Å². The van der Waals surface area contributed by atoms with Crippen LogP contribution in [0.15, 0.2) is 42.5 Å². The minimum atomic E-state index is 0.0560. The van der Waals surface area contributed by atoms with Gasteiger partial charge in [-0.25, -0.2) is 0 Å². The van der Waals surface area contributed by atoms with Gasteiger partial charge in [0.2, 0.25) is 0 Å². The first-order chi connectivity index (χ1) is 11.8. The van der Waals surface area contributed by atoms with Crippen LogP contribution < -0.4 is 15.1 Å². The van der Waals surface area contributed by atoms with E-state index in [2.05, 4.69) is 53.7 Å². The maximum Gasteiger partial charge on any atom is 0.275 e. The molecule has 0 aromatic heterocycles. The third kappa shape index (κ3) is 4.14. The van der Waals surface area contributed by atoms with E-state index in [0.717, 1.165) is 32.7 Å². The molecule has 1 aliphatic heterocycles. The van der Waals surface area contributed by atoms with Gasteiger partial charge in [-0.15, -0.1) is 6.42 Å². The first-order valence-electron chi connectivity index (χ1n) is 8.60. The van der Waals surface area contributed by atoms with Crippen LogP contribution in [0, 0.1) is 12.3 Å². The highest BCUT2D eigenvalue weighted by molar-refractivity contribution is 5.85. The topological polar surface area (TPSA) is 38.0 Å². The zero-order chi connectivity index (χ0) is 16.8. The van der Waals surface area contributed by atoms with E-state index in [4.69, 9.17) is 6.42 Å². The number of piperazine rings is 1. The maximum absolute atomic E-state index is 11.8. The third-order valence-electron chi connectivity index (χ3n) is 4.78. The van der Waals surface area contributed by atoms with E-state index in [1.807, 2.05) is 0 Å². The van der Waals surface area contributed by atoms with Crippen LogP contribution in [-0.2, 0) is 11.3 Å². The molecule has 24 heavy (non-hydrogen) atoms. The van der Waals surface area contributed by atoms with Crippen molar-refractivity contribution in [2.75, 3.05) is 39.3 Å². The van der Waals surface area contributed by atoms with Crippen LogP contribution in [0.1, 0.15) is 5.56 Å². The van der Waals surface area contributed by atoms with E-state index < -0.39 is 0 Å². The summed E-state index contributed by atoms with van der Waals surface area (Å²) >= 11 is 0. The van der Waals surface area contributed by atoms with Crippen LogP contribution in [0.25, 0.3) is 10.8 Å². The summed E-state index contributed by atoms with van der Waals surface area (Å²) in [5.41, 5.74) is 1.42. The number of rotatable bonds is 5. The Balaban J connectivity index is 1.54. The van der Waals surface area contributed by atoms with E-state index in [1.54, 1.807) is 4.90 Å². The highest BCUT2D eigenvalue weighted by Crippen LogP contribution is 2.17. The fourth-order valence-corrected chi connectivity index (χ4v) is 3.47. The number of nitrogens with one attached hydrogen (secondary N) is 3. The van der Waals surface area contributed by atoms with Crippen LogP contribution >= 0.6 is 0 Å². The SMILES string of the molecule is C#CCNC(=O)C[NH+]1CC[NH+](Cc2cccc3ccccc23)CC1. The normalized spacial score (nSPS) is 20.5. The second-order valence-electron chi connectivity index (χ2n) is 6.47. The predicted molar refractivity (Wildman–Crippen MR) is 95.8 cm³/mol. The van der Waals surface area contributed by atoms with Crippen molar-refractivity contribution in [1.82, 2.24) is 5.32 Å². The number of carbonyl (C=O) groups is 1. The van der Waals surface area contributed by atoms with Crippen LogP contribution in [0.5, 0.6) is 0 Å². The van der Waals surface area contributed by atoms with Gasteiger partial charge in [0.25, 0.3) is 5.91 Å². The van der Waals surface area contributed by atoms with Crippen LogP contribution in [-0.4, -0.2) is 45.2 Å². The summed E-state index contributed by atoms with van der Waals surface area (Å²) in [6, 6.07) is 15.1. The van der Waals surface area contributed by atoms with Gasteiger partial charge in [0.1, 0.15) is 32.7 Å². The molecule has 4 heteroatoms. The number of hydrogen-bond acceptors (Lipinski definition) is 1. The lowest BCUT2D eigenvalue weighted by Gasteiger charge is -2.29. The molecule has 0 saturated carbocycles. The zero-order valence-corrected chi connectivity index (χ0v) is 14.0. The summed E-state index contributed by atoms with van der Waals surface area (Å²) in [5, 5.41) is 5.41. The molecule has 1 fully saturated rings. The molecule has 1 amide bonds. The molecule has 0 bridgehead atoms. The Bertz CT molecular complexity index is 737. The average molecular weight is 323 g/mol. The van der Waals surface area contributed by atoms with Crippen molar-refractivity contribution < 1.29 is 14.6 Å². The molecule has 1 aliphatic rings. The summed E-state index contributed by atoms with van der Waals surface area (Å²) < 4.78 is 0. The Morgan fingerprint density at radius 1 is 1.04 bits per heavy atom. The lowest BCUT2D eigenvalue weighted by atomic mass is 10.0. The Hall–Kier alpha value is -2.35. The summed E-state index contributed by atoms with van der Waals surface area (Å²) in [6.07, 6.45) is 5.17. The molecule has 1 heterocycles. The first-order valence-corrected chi connectivity index (χ1v) is 8.60. The maximum atomic E-state index is 11.8. The fourth-order valence-electron chi connectivity index (χ4n) is 3.47. The van der Waals surface area contributed by atoms with Gasteiger partial charge >= 0.3 is 0 Å². The molecule has 3 rings (SSSR count). The first kappa shape index (κ1) is 16.5. The number of amides is 1. The van der Waals surface area contributed by atoms with Crippen molar-refractivity contribution in [3.63, 3.8) is 0 Å². The predicted octanol–water partition coefficient (Wildman–Crippen LogP) is -1.13. The molecule has 2 aromatic carbocycles. The second-order valence-corrected chi connectivity index (χ2v) is 6.47. The molecule has 0 spiro atoms. The Morgan fingerprint density at radius 2 is 1.75 bits per heavy atom. The largest absolute Gasteiger partial charge is 0.340 e. The van der Waals surface area contributed by atoms with Gasteiger partial charge in [0, 0.05) is 5.56 Å². The Morgan fingerprint density at radius 3 is 2.54 bits per heavy atom. The molecule has 1 saturated heterocycles. The zero-order valence-electron chi connectivity index (χ0n) is 14.0. The monoisotopic (exact) mass is 323 g/mol. The van der Waals surface area contributed by atoms with Gasteiger partial charge in [-0.05, 0) is 10.8 Å². The minimum absolute atomic E-state index is 0.0560. The molecular weight excluding hydrogens is 298 g/mol. The molecule has 4 nitrogen and oxygen atoms in total. The molecule has 3 N–H and O–H groups in total. The number of hydrogen-bond donors (Lipinski definition) is 3. The molecule has 124 valence electrons. The van der Waals surface area contributed by atoms with Crippen LogP contribution in [0.2, 0.25) is 0 Å². The van der Waals surface area contributed by atoms with Gasteiger partial charge in [-0.3, -0.25) is 4.79 Å². The molecule has 0 unspecified atom stereocenters. The van der Waals surface area contributed by atoms with Gasteiger partial charge in [-0.1, -0.05) is 48.4 Å². The number of carbonyl (C=O) groups excluding carboxylic acids is 1. The number of fused-ring (bicyclic) bond motifs is 1. The second kappa shape index (κ2) is 7.96. The van der Waals surface area contributed by atoms with Crippen molar-refractivity contribution in [1.29, 1.82) is 0 Å². The van der Waals surface area contributed by atoms with Crippen molar-refractivity contribution >= 4 is 16.7 Å². The number of terminal acetylenes is 1. The van der Waals surface area contributed by atoms with Crippen molar-refractivity contribution in [3.8, 4) is 12.3 Å². The average Bonchev–Trinajstić information content (AvgIpc) is 2.62. The van der Waals surface area contributed by atoms with Crippen molar-refractivity contribution in [2.24, 2.45) is 0 Å². The van der Waals surface area contributed by atoms with E-state index in [0.29, 0.717) is 13.1 Å². The van der Waals surface area contributed by atoms with E-state index >= 15 is 0 Å². The van der Waals surface area contributed by atoms with Crippen molar-refractivity contribution in [3.05, 3.63) is 48.0 Å². The highest BCUT2D eigenvalue weighted by Gasteiger charge is 2.25. The summed E-state index contributed by atoms with van der Waals surface area (Å²) in [5.74, 6) is 2.50. The third-order valence-corrected chi connectivity index (χ3v) is 4.78. The fraction of sp³-hybridized carbons (Fsp3) is 0.350. The molecule has 0 radical (unpaired) electrons. The van der Waals surface area contributed by atoms with Gasteiger partial charge in [0.15, 0.2) is 6.54 Å². The summed E-state index contributed by atoms with van der Waals surface area (Å²) in [4.78, 5) is 14.7. The van der Waals surface area contributed by atoms with Gasteiger partial charge in [0.05, 0.1) is 6.54 Å². The lowest BCUT2D eigenvalue weighted by molar-refractivity contribution is -1.02. The highest BCUT2D eigenvalue weighted by atomic mass is 16.2. The van der Waals surface area contributed by atoms with E-state index in [-0.39, 0.29) is 5.91 Å². The molecule has 0 atom stereocenters. The van der Waals surface area contributed by atoms with Crippen LogP contribution in [0.4, 0.5) is 0 Å². The Labute approximate surface area is 143 Å². The quantitative estimate of drug-likeness (QED) is 0.599. The van der Waals surface area contributed by atoms with E-state index in [9.17, 15) is 4.79 Å². The Kier molecular flexibility index (Phi) is 5.47. The molecule has 2 aromatic rings. The smallest absolute Gasteiger partial charge is 0.275 e. The lowest BCUT2D eigenvalue weighted by Crippen LogP contribution is -3.28. The summed E-state index contributed by atoms with van der Waals surface area (Å²) in [7, 11) is 0.